The third-order valence-corrected chi connectivity index (χ3v) is 5.34. The van der Waals surface area contributed by atoms with Crippen molar-refractivity contribution >= 4 is 21.4 Å². The zero-order valence-corrected chi connectivity index (χ0v) is 12.2. The minimum absolute atomic E-state index is 0.163. The Balaban J connectivity index is 1.76. The van der Waals surface area contributed by atoms with E-state index in [4.69, 9.17) is 0 Å². The predicted octanol–water partition coefficient (Wildman–Crippen LogP) is 1.48. The van der Waals surface area contributed by atoms with E-state index in [2.05, 4.69) is 23.0 Å². The highest BCUT2D eigenvalue weighted by atomic mass is 32.2. The molecule has 1 fully saturated rings. The fourth-order valence-electron chi connectivity index (χ4n) is 1.77. The molecule has 0 radical (unpaired) electrons. The van der Waals surface area contributed by atoms with E-state index in [9.17, 15) is 8.42 Å². The average Bonchev–Trinajstić information content (AvgIpc) is 3.03. The van der Waals surface area contributed by atoms with Gasteiger partial charge in [-0.1, -0.05) is 6.92 Å². The Morgan fingerprint density at radius 2 is 2.22 bits per heavy atom. The molecule has 1 heterocycles. The molecule has 0 amide bonds. The van der Waals surface area contributed by atoms with Crippen LogP contribution in [0.4, 0.5) is 0 Å². The van der Waals surface area contributed by atoms with Gasteiger partial charge in [-0.15, -0.1) is 11.3 Å². The number of thiophene rings is 1. The van der Waals surface area contributed by atoms with E-state index in [1.54, 1.807) is 11.3 Å². The summed E-state index contributed by atoms with van der Waals surface area (Å²) in [4.78, 5) is 1.12. The van der Waals surface area contributed by atoms with Crippen LogP contribution < -0.4 is 10.0 Å². The van der Waals surface area contributed by atoms with Gasteiger partial charge < -0.3 is 5.32 Å². The van der Waals surface area contributed by atoms with E-state index in [0.717, 1.165) is 11.3 Å². The van der Waals surface area contributed by atoms with Crippen molar-refractivity contribution in [1.29, 1.82) is 0 Å². The normalized spacial score (nSPS) is 16.1. The second kappa shape index (κ2) is 6.14. The molecule has 0 aliphatic heterocycles. The van der Waals surface area contributed by atoms with Gasteiger partial charge in [-0.05, 0) is 36.3 Å². The van der Waals surface area contributed by atoms with Gasteiger partial charge in [0.2, 0.25) is 10.0 Å². The summed E-state index contributed by atoms with van der Waals surface area (Å²) in [6, 6.07) is 2.62. The van der Waals surface area contributed by atoms with Crippen molar-refractivity contribution in [3.63, 3.8) is 0 Å². The van der Waals surface area contributed by atoms with Gasteiger partial charge in [0, 0.05) is 24.0 Å². The molecule has 2 N–H and O–H groups in total. The maximum Gasteiger partial charge on any atom is 0.213 e. The zero-order chi connectivity index (χ0) is 13.0. The first-order valence-corrected chi connectivity index (χ1v) is 8.90. The van der Waals surface area contributed by atoms with Crippen molar-refractivity contribution in [2.24, 2.45) is 0 Å². The number of nitrogens with one attached hydrogen (secondary N) is 2. The van der Waals surface area contributed by atoms with Crippen LogP contribution in [0.15, 0.2) is 11.4 Å². The zero-order valence-electron chi connectivity index (χ0n) is 10.6. The molecule has 0 bridgehead atoms. The molecule has 18 heavy (non-hydrogen) atoms. The quantitative estimate of drug-likeness (QED) is 0.762. The highest BCUT2D eigenvalue weighted by Gasteiger charge is 2.21. The first kappa shape index (κ1) is 14.0. The predicted molar refractivity (Wildman–Crippen MR) is 75.3 cm³/mol. The Morgan fingerprint density at radius 1 is 1.44 bits per heavy atom. The highest BCUT2D eigenvalue weighted by molar-refractivity contribution is 7.89. The van der Waals surface area contributed by atoms with Crippen LogP contribution in [0.1, 0.15) is 30.2 Å². The second-order valence-corrected chi connectivity index (χ2v) is 7.52. The maximum atomic E-state index is 11.8. The number of hydrogen-bond donors (Lipinski definition) is 2. The summed E-state index contributed by atoms with van der Waals surface area (Å²) in [5.74, 6) is 0.163. The van der Waals surface area contributed by atoms with Crippen molar-refractivity contribution in [3.8, 4) is 0 Å². The lowest BCUT2D eigenvalue weighted by Crippen LogP contribution is -2.32. The standard InChI is InChI=1S/C12H20N2O2S2/c1-2-10-5-7-17-12(10)9-14-18(15,16)8-6-13-11-3-4-11/h5,7,11,13-14H,2-4,6,8-9H2,1H3. The fourth-order valence-corrected chi connectivity index (χ4v) is 3.67. The summed E-state index contributed by atoms with van der Waals surface area (Å²) >= 11 is 1.61. The average molecular weight is 288 g/mol. The topological polar surface area (TPSA) is 58.2 Å². The first-order valence-electron chi connectivity index (χ1n) is 6.36. The lowest BCUT2D eigenvalue weighted by Gasteiger charge is -2.07. The van der Waals surface area contributed by atoms with E-state index >= 15 is 0 Å². The smallest absolute Gasteiger partial charge is 0.213 e. The fraction of sp³-hybridized carbons (Fsp3) is 0.667. The molecule has 0 aromatic carbocycles. The van der Waals surface area contributed by atoms with E-state index in [-0.39, 0.29) is 5.75 Å². The van der Waals surface area contributed by atoms with E-state index in [1.165, 1.54) is 18.4 Å². The van der Waals surface area contributed by atoms with Gasteiger partial charge in [-0.25, -0.2) is 13.1 Å². The third kappa shape index (κ3) is 4.35. The van der Waals surface area contributed by atoms with Crippen molar-refractivity contribution < 1.29 is 8.42 Å². The number of aryl methyl sites for hydroxylation is 1. The van der Waals surface area contributed by atoms with Crippen LogP contribution in [0.2, 0.25) is 0 Å². The summed E-state index contributed by atoms with van der Waals surface area (Å²) in [6.45, 7) is 3.05. The number of sulfonamides is 1. The molecule has 1 saturated carbocycles. The summed E-state index contributed by atoms with van der Waals surface area (Å²) in [7, 11) is -3.16. The molecule has 1 aromatic rings. The Bertz CT molecular complexity index is 478. The van der Waals surface area contributed by atoms with Gasteiger partial charge in [0.05, 0.1) is 5.75 Å². The van der Waals surface area contributed by atoms with Crippen LogP contribution in [0.25, 0.3) is 0 Å². The number of rotatable bonds is 8. The van der Waals surface area contributed by atoms with Gasteiger partial charge >= 0.3 is 0 Å². The van der Waals surface area contributed by atoms with Gasteiger partial charge in [-0.2, -0.15) is 0 Å². The van der Waals surface area contributed by atoms with Crippen LogP contribution in [-0.4, -0.2) is 26.8 Å². The molecule has 4 nitrogen and oxygen atoms in total. The van der Waals surface area contributed by atoms with Crippen molar-refractivity contribution in [2.45, 2.75) is 38.8 Å². The second-order valence-electron chi connectivity index (χ2n) is 4.59. The summed E-state index contributed by atoms with van der Waals surface area (Å²) < 4.78 is 26.2. The Morgan fingerprint density at radius 3 is 2.89 bits per heavy atom. The minimum atomic E-state index is -3.16. The largest absolute Gasteiger partial charge is 0.313 e. The van der Waals surface area contributed by atoms with Crippen LogP contribution >= 0.6 is 11.3 Å². The Labute approximate surface area is 113 Å². The molecule has 1 aliphatic rings. The lowest BCUT2D eigenvalue weighted by molar-refractivity contribution is 0.576. The summed E-state index contributed by atoms with van der Waals surface area (Å²) in [5.41, 5.74) is 1.24. The molecule has 2 rings (SSSR count). The summed E-state index contributed by atoms with van der Waals surface area (Å²) in [6.07, 6.45) is 3.31. The van der Waals surface area contributed by atoms with Crippen molar-refractivity contribution in [3.05, 3.63) is 21.9 Å². The molecule has 0 unspecified atom stereocenters. The van der Waals surface area contributed by atoms with E-state index in [1.807, 2.05) is 5.38 Å². The monoisotopic (exact) mass is 288 g/mol. The molecular formula is C12H20N2O2S2. The number of hydrogen-bond acceptors (Lipinski definition) is 4. The van der Waals surface area contributed by atoms with Gasteiger partial charge in [-0.3, -0.25) is 0 Å². The Kier molecular flexibility index (Phi) is 4.77. The molecule has 1 aromatic heterocycles. The molecule has 0 saturated heterocycles. The van der Waals surface area contributed by atoms with Crippen LogP contribution in [0, 0.1) is 0 Å². The summed E-state index contributed by atoms with van der Waals surface area (Å²) in [5, 5.41) is 5.22. The van der Waals surface area contributed by atoms with Gasteiger partial charge in [0.1, 0.15) is 0 Å². The third-order valence-electron chi connectivity index (χ3n) is 3.05. The van der Waals surface area contributed by atoms with E-state index in [0.29, 0.717) is 19.1 Å². The van der Waals surface area contributed by atoms with Gasteiger partial charge in [0.15, 0.2) is 0 Å². The highest BCUT2D eigenvalue weighted by Crippen LogP contribution is 2.18. The van der Waals surface area contributed by atoms with Crippen molar-refractivity contribution in [1.82, 2.24) is 10.0 Å². The molecule has 1 aliphatic carbocycles. The molecule has 102 valence electrons. The minimum Gasteiger partial charge on any atom is -0.313 e. The van der Waals surface area contributed by atoms with Gasteiger partial charge in [0.25, 0.3) is 0 Å². The SMILES string of the molecule is CCc1ccsc1CNS(=O)(=O)CCNC1CC1. The maximum absolute atomic E-state index is 11.8. The van der Waals surface area contributed by atoms with Crippen LogP contribution in [-0.2, 0) is 23.0 Å². The van der Waals surface area contributed by atoms with Crippen LogP contribution in [0.3, 0.4) is 0 Å². The molecule has 0 spiro atoms. The van der Waals surface area contributed by atoms with Crippen LogP contribution in [0.5, 0.6) is 0 Å². The van der Waals surface area contributed by atoms with E-state index < -0.39 is 10.0 Å². The first-order chi connectivity index (χ1) is 8.61. The molecule has 6 heteroatoms. The lowest BCUT2D eigenvalue weighted by atomic mass is 10.2. The van der Waals surface area contributed by atoms with Crippen molar-refractivity contribution in [2.75, 3.05) is 12.3 Å². The molecular weight excluding hydrogens is 268 g/mol. The molecule has 0 atom stereocenters. The Hall–Kier alpha value is -0.430.